The molecule has 1 heterocycles. The standard InChI is InChI=1S/C20H26O4S/c1-11(21)25-16-9-12-8-13(22)4-6-19(12,2)14-5-7-20(3)15(17(14)16)10-24-18(20)23/h8,14-17H,4-7,9-10H2,1-3H3/t14-,15+,16?,17-,19+,20+/m1/s1. The highest BCUT2D eigenvalue weighted by Gasteiger charge is 2.63. The lowest BCUT2D eigenvalue weighted by Gasteiger charge is -2.58. The minimum Gasteiger partial charge on any atom is -0.465 e. The predicted molar refractivity (Wildman–Crippen MR) is 95.9 cm³/mol. The molecule has 1 aliphatic heterocycles. The summed E-state index contributed by atoms with van der Waals surface area (Å²) in [5.41, 5.74) is 0.857. The van der Waals surface area contributed by atoms with E-state index in [0.29, 0.717) is 24.9 Å². The number of hydrogen-bond donors (Lipinski definition) is 0. The minimum atomic E-state index is -0.404. The Morgan fingerprint density at radius 3 is 2.68 bits per heavy atom. The molecule has 1 unspecified atom stereocenters. The Labute approximate surface area is 153 Å². The first-order chi connectivity index (χ1) is 11.8. The second-order valence-electron chi connectivity index (χ2n) is 8.75. The van der Waals surface area contributed by atoms with Gasteiger partial charge < -0.3 is 4.74 Å². The van der Waals surface area contributed by atoms with Gasteiger partial charge >= 0.3 is 5.97 Å². The van der Waals surface area contributed by atoms with Gasteiger partial charge in [-0.15, -0.1) is 0 Å². The number of carbonyl (C=O) groups excluding carboxylic acids is 3. The highest BCUT2D eigenvalue weighted by molar-refractivity contribution is 8.14. The highest BCUT2D eigenvalue weighted by Crippen LogP contribution is 2.64. The monoisotopic (exact) mass is 362 g/mol. The van der Waals surface area contributed by atoms with Crippen molar-refractivity contribution in [2.45, 2.75) is 58.1 Å². The average molecular weight is 362 g/mol. The Kier molecular flexibility index (Phi) is 3.95. The molecule has 1 saturated heterocycles. The topological polar surface area (TPSA) is 60.4 Å². The van der Waals surface area contributed by atoms with Gasteiger partial charge in [0, 0.05) is 24.5 Å². The van der Waals surface area contributed by atoms with Gasteiger partial charge in [0.05, 0.1) is 12.0 Å². The Bertz CT molecular complexity index is 683. The zero-order valence-electron chi connectivity index (χ0n) is 15.2. The van der Waals surface area contributed by atoms with Gasteiger partial charge in [0.25, 0.3) is 0 Å². The molecule has 0 aromatic carbocycles. The number of ether oxygens (including phenoxy) is 1. The molecule has 6 atom stereocenters. The number of ketones is 1. The molecule has 2 saturated carbocycles. The van der Waals surface area contributed by atoms with Crippen LogP contribution in [0.25, 0.3) is 0 Å². The van der Waals surface area contributed by atoms with Crippen molar-refractivity contribution >= 4 is 28.6 Å². The smallest absolute Gasteiger partial charge is 0.312 e. The summed E-state index contributed by atoms with van der Waals surface area (Å²) in [6, 6.07) is 0. The summed E-state index contributed by atoms with van der Waals surface area (Å²) >= 11 is 1.41. The van der Waals surface area contributed by atoms with Crippen LogP contribution in [0.2, 0.25) is 0 Å². The van der Waals surface area contributed by atoms with E-state index in [-0.39, 0.29) is 33.5 Å². The van der Waals surface area contributed by atoms with Gasteiger partial charge in [-0.1, -0.05) is 24.3 Å². The van der Waals surface area contributed by atoms with E-state index in [1.807, 2.05) is 6.08 Å². The van der Waals surface area contributed by atoms with Crippen LogP contribution in [0.15, 0.2) is 11.6 Å². The number of carbonyl (C=O) groups is 3. The van der Waals surface area contributed by atoms with Crippen molar-refractivity contribution in [3.05, 3.63) is 11.6 Å². The maximum Gasteiger partial charge on any atom is 0.312 e. The van der Waals surface area contributed by atoms with Crippen LogP contribution in [0.1, 0.15) is 52.9 Å². The Balaban J connectivity index is 1.77. The van der Waals surface area contributed by atoms with Crippen LogP contribution in [0, 0.1) is 28.6 Å². The summed E-state index contributed by atoms with van der Waals surface area (Å²) in [6.45, 7) is 6.46. The normalized spacial score (nSPS) is 45.8. The molecule has 4 rings (SSSR count). The maximum absolute atomic E-state index is 12.4. The van der Waals surface area contributed by atoms with Gasteiger partial charge in [-0.3, -0.25) is 14.4 Å². The molecular weight excluding hydrogens is 336 g/mol. The van der Waals surface area contributed by atoms with E-state index < -0.39 is 5.41 Å². The first-order valence-electron chi connectivity index (χ1n) is 9.34. The van der Waals surface area contributed by atoms with Gasteiger partial charge in [0.15, 0.2) is 10.9 Å². The first kappa shape index (κ1) is 17.3. The summed E-state index contributed by atoms with van der Waals surface area (Å²) in [7, 11) is 0. The van der Waals surface area contributed by atoms with Crippen molar-refractivity contribution in [2.75, 3.05) is 6.61 Å². The van der Waals surface area contributed by atoms with Crippen LogP contribution < -0.4 is 0 Å². The molecule has 25 heavy (non-hydrogen) atoms. The zero-order valence-corrected chi connectivity index (χ0v) is 16.0. The van der Waals surface area contributed by atoms with E-state index in [1.165, 1.54) is 17.3 Å². The molecule has 0 N–H and O–H groups in total. The number of thioether (sulfide) groups is 1. The molecule has 0 radical (unpaired) electrons. The lowest BCUT2D eigenvalue weighted by Crippen LogP contribution is -2.55. The molecule has 0 amide bonds. The van der Waals surface area contributed by atoms with Crippen LogP contribution in [-0.2, 0) is 19.1 Å². The van der Waals surface area contributed by atoms with Crippen molar-refractivity contribution in [3.63, 3.8) is 0 Å². The molecule has 4 aliphatic rings. The number of cyclic esters (lactones) is 1. The molecule has 4 nitrogen and oxygen atoms in total. The maximum atomic E-state index is 12.4. The molecule has 0 aromatic rings. The molecule has 5 heteroatoms. The molecular formula is C20H26O4S. The summed E-state index contributed by atoms with van der Waals surface area (Å²) in [4.78, 5) is 36.3. The van der Waals surface area contributed by atoms with Gasteiger partial charge in [0.2, 0.25) is 0 Å². The largest absolute Gasteiger partial charge is 0.465 e. The third-order valence-electron chi connectivity index (χ3n) is 7.53. The Morgan fingerprint density at radius 1 is 1.20 bits per heavy atom. The Hall–Kier alpha value is -1.10. The average Bonchev–Trinajstić information content (AvgIpc) is 2.84. The van der Waals surface area contributed by atoms with Crippen molar-refractivity contribution in [1.29, 1.82) is 0 Å². The summed E-state index contributed by atoms with van der Waals surface area (Å²) < 4.78 is 5.49. The third-order valence-corrected chi connectivity index (χ3v) is 8.64. The molecule has 0 spiro atoms. The van der Waals surface area contributed by atoms with Crippen LogP contribution in [0.5, 0.6) is 0 Å². The fourth-order valence-corrected chi connectivity index (χ4v) is 7.28. The number of esters is 1. The number of rotatable bonds is 1. The van der Waals surface area contributed by atoms with Crippen LogP contribution in [0.3, 0.4) is 0 Å². The van der Waals surface area contributed by atoms with Crippen molar-refractivity contribution in [3.8, 4) is 0 Å². The van der Waals surface area contributed by atoms with Crippen LogP contribution in [-0.4, -0.2) is 28.7 Å². The molecule has 3 fully saturated rings. The fourth-order valence-electron chi connectivity index (χ4n) is 6.06. The quantitative estimate of drug-likeness (QED) is 0.668. The lowest BCUT2D eigenvalue weighted by atomic mass is 9.47. The van der Waals surface area contributed by atoms with E-state index in [2.05, 4.69) is 13.8 Å². The summed E-state index contributed by atoms with van der Waals surface area (Å²) in [5.74, 6) is 1.07. The number of fused-ring (bicyclic) bond motifs is 5. The van der Waals surface area contributed by atoms with Crippen LogP contribution in [0.4, 0.5) is 0 Å². The summed E-state index contributed by atoms with van der Waals surface area (Å²) in [5, 5.41) is 0.263. The second-order valence-corrected chi connectivity index (χ2v) is 10.2. The van der Waals surface area contributed by atoms with Gasteiger partial charge in [-0.2, -0.15) is 0 Å². The van der Waals surface area contributed by atoms with Crippen molar-refractivity contribution < 1.29 is 19.1 Å². The lowest BCUT2D eigenvalue weighted by molar-refractivity contribution is -0.148. The summed E-state index contributed by atoms with van der Waals surface area (Å²) in [6.07, 6.45) is 5.99. The van der Waals surface area contributed by atoms with E-state index in [4.69, 9.17) is 4.74 Å². The van der Waals surface area contributed by atoms with Crippen molar-refractivity contribution in [2.24, 2.45) is 28.6 Å². The van der Waals surface area contributed by atoms with Crippen LogP contribution >= 0.6 is 11.8 Å². The van der Waals surface area contributed by atoms with Gasteiger partial charge in [-0.05, 0) is 55.9 Å². The minimum absolute atomic E-state index is 0.0272. The zero-order chi connectivity index (χ0) is 18.0. The molecule has 3 aliphatic carbocycles. The molecule has 0 bridgehead atoms. The molecule has 0 aromatic heterocycles. The number of hydrogen-bond acceptors (Lipinski definition) is 5. The first-order valence-corrected chi connectivity index (χ1v) is 10.2. The van der Waals surface area contributed by atoms with Crippen molar-refractivity contribution in [1.82, 2.24) is 0 Å². The van der Waals surface area contributed by atoms with E-state index in [1.54, 1.807) is 6.92 Å². The predicted octanol–water partition coefficient (Wildman–Crippen LogP) is 3.54. The molecule has 136 valence electrons. The van der Waals surface area contributed by atoms with Gasteiger partial charge in [-0.25, -0.2) is 0 Å². The van der Waals surface area contributed by atoms with E-state index in [0.717, 1.165) is 25.7 Å². The van der Waals surface area contributed by atoms with E-state index >= 15 is 0 Å². The highest BCUT2D eigenvalue weighted by atomic mass is 32.2. The van der Waals surface area contributed by atoms with Gasteiger partial charge in [0.1, 0.15) is 0 Å². The third kappa shape index (κ3) is 2.45. The number of allylic oxidation sites excluding steroid dienone is 2. The fraction of sp³-hybridized carbons (Fsp3) is 0.750. The second kappa shape index (κ2) is 5.70. The Morgan fingerprint density at radius 2 is 1.96 bits per heavy atom. The van der Waals surface area contributed by atoms with E-state index in [9.17, 15) is 14.4 Å². The SMILES string of the molecule is CC(=O)SC1CC2=CC(=O)CC[C@]2(C)[C@@H]2CC[C@]3(C)C(=O)OC[C@H]3[C@H]12.